The molecule has 3 N–H and O–H groups in total. The van der Waals surface area contributed by atoms with Crippen LogP contribution >= 0.6 is 11.3 Å². The molecule has 0 aromatic carbocycles. The Balaban J connectivity index is 1.56. The van der Waals surface area contributed by atoms with Crippen molar-refractivity contribution < 1.29 is 9.90 Å². The molecule has 0 saturated carbocycles. The highest BCUT2D eigenvalue weighted by atomic mass is 32.1. The number of anilines is 1. The van der Waals surface area contributed by atoms with Gasteiger partial charge in [0.1, 0.15) is 17.8 Å². The second-order valence-electron chi connectivity index (χ2n) is 7.59. The van der Waals surface area contributed by atoms with E-state index in [1.807, 2.05) is 23.2 Å². The van der Waals surface area contributed by atoms with Gasteiger partial charge in [-0.3, -0.25) is 4.79 Å². The first-order valence-corrected chi connectivity index (χ1v) is 10.5. The van der Waals surface area contributed by atoms with Crippen LogP contribution in [0.2, 0.25) is 0 Å². The summed E-state index contributed by atoms with van der Waals surface area (Å²) in [5, 5.41) is 15.1. The van der Waals surface area contributed by atoms with Crippen LogP contribution in [0.3, 0.4) is 0 Å². The molecule has 0 unspecified atom stereocenters. The lowest BCUT2D eigenvalue weighted by atomic mass is 9.70. The van der Waals surface area contributed by atoms with Gasteiger partial charge in [0.15, 0.2) is 0 Å². The summed E-state index contributed by atoms with van der Waals surface area (Å²) in [5.41, 5.74) is 3.00. The van der Waals surface area contributed by atoms with Gasteiger partial charge in [-0.25, -0.2) is 15.0 Å². The lowest BCUT2D eigenvalue weighted by Gasteiger charge is -2.36. The highest BCUT2D eigenvalue weighted by Gasteiger charge is 2.60. The normalized spacial score (nSPS) is 26.2. The summed E-state index contributed by atoms with van der Waals surface area (Å²) < 4.78 is 0. The summed E-state index contributed by atoms with van der Waals surface area (Å²) in [6, 6.07) is 2.30. The third-order valence-corrected chi connectivity index (χ3v) is 6.78. The number of aliphatic hydroxyl groups is 1. The maximum Gasteiger partial charge on any atom is 0.228 e. The van der Waals surface area contributed by atoms with Crippen LogP contribution in [-0.4, -0.2) is 56.2 Å². The second-order valence-corrected chi connectivity index (χ2v) is 8.31. The smallest absolute Gasteiger partial charge is 0.228 e. The molecular formula is C19H22N6O2S. The monoisotopic (exact) mass is 398 g/mol. The minimum atomic E-state index is -0.570. The van der Waals surface area contributed by atoms with Crippen LogP contribution in [0.1, 0.15) is 25.0 Å². The Morgan fingerprint density at radius 3 is 3.14 bits per heavy atom. The number of aromatic amines is 1. The van der Waals surface area contributed by atoms with Gasteiger partial charge in [0.25, 0.3) is 0 Å². The number of hydrogen-bond acceptors (Lipinski definition) is 7. The Morgan fingerprint density at radius 1 is 1.39 bits per heavy atom. The number of aromatic nitrogens is 4. The summed E-state index contributed by atoms with van der Waals surface area (Å²) in [7, 11) is 0. The molecule has 2 aliphatic heterocycles. The zero-order valence-corrected chi connectivity index (χ0v) is 16.2. The number of carbonyl (C=O) groups excluding carboxylic acids is 1. The van der Waals surface area contributed by atoms with Crippen LogP contribution in [0.25, 0.3) is 11.0 Å². The highest BCUT2D eigenvalue weighted by molar-refractivity contribution is 7.07. The summed E-state index contributed by atoms with van der Waals surface area (Å²) in [4.78, 5) is 32.2. The largest absolute Gasteiger partial charge is 0.395 e. The fraction of sp³-hybridized carbons (Fsp3) is 0.474. The van der Waals surface area contributed by atoms with Crippen molar-refractivity contribution in [2.24, 2.45) is 5.41 Å². The molecule has 28 heavy (non-hydrogen) atoms. The highest BCUT2D eigenvalue weighted by Crippen LogP contribution is 2.53. The van der Waals surface area contributed by atoms with E-state index in [4.69, 9.17) is 0 Å². The van der Waals surface area contributed by atoms with Gasteiger partial charge in [-0.15, -0.1) is 11.3 Å². The van der Waals surface area contributed by atoms with E-state index >= 15 is 0 Å². The molecule has 2 saturated heterocycles. The molecular weight excluding hydrogens is 376 g/mol. The number of carbonyl (C=O) groups is 1. The molecule has 5 rings (SSSR count). The van der Waals surface area contributed by atoms with Crippen LogP contribution in [0.5, 0.6) is 0 Å². The summed E-state index contributed by atoms with van der Waals surface area (Å²) in [6.07, 6.45) is 6.82. The SMILES string of the molecule is O=C(NCCO)[C@@]1(Cc2cscn2)C[C@H]2CC[C@@H]1N2c1ncnc2[nH]ccc12. The molecule has 1 amide bonds. The quantitative estimate of drug-likeness (QED) is 0.581. The Kier molecular flexibility index (Phi) is 4.28. The molecule has 2 aliphatic rings. The van der Waals surface area contributed by atoms with E-state index < -0.39 is 5.41 Å². The predicted molar refractivity (Wildman–Crippen MR) is 106 cm³/mol. The van der Waals surface area contributed by atoms with E-state index in [0.717, 1.165) is 41.8 Å². The molecule has 0 radical (unpaired) electrons. The molecule has 3 atom stereocenters. The Hall–Kier alpha value is -2.52. The number of H-pyrrole nitrogens is 1. The van der Waals surface area contributed by atoms with Gasteiger partial charge in [0.05, 0.1) is 28.6 Å². The van der Waals surface area contributed by atoms with E-state index in [9.17, 15) is 9.90 Å². The van der Waals surface area contributed by atoms with Gasteiger partial charge >= 0.3 is 0 Å². The van der Waals surface area contributed by atoms with Crippen LogP contribution in [0.15, 0.2) is 29.5 Å². The van der Waals surface area contributed by atoms with E-state index in [1.54, 1.807) is 17.7 Å². The average Bonchev–Trinajstić information content (AvgIpc) is 3.49. The predicted octanol–water partition coefficient (Wildman–Crippen LogP) is 1.49. The van der Waals surface area contributed by atoms with Crippen molar-refractivity contribution in [2.45, 2.75) is 37.8 Å². The lowest BCUT2D eigenvalue weighted by Crippen LogP contribution is -2.51. The standard InChI is InChI=1S/C19H22N6O2S/c26-6-5-21-18(27)19(7-12-9-28-11-24-12)8-13-1-2-15(19)25(13)17-14-3-4-20-16(14)22-10-23-17/h3-4,9-11,13,15,26H,1-2,5-8H2,(H,21,27)(H,20,22,23)/t13-,15+,19+/m1/s1. The summed E-state index contributed by atoms with van der Waals surface area (Å²) in [6.45, 7) is 0.205. The van der Waals surface area contributed by atoms with Gasteiger partial charge in [-0.2, -0.15) is 0 Å². The zero-order chi connectivity index (χ0) is 19.1. The fourth-order valence-corrected chi connectivity index (χ4v) is 5.63. The molecule has 9 heteroatoms. The zero-order valence-electron chi connectivity index (χ0n) is 15.3. The van der Waals surface area contributed by atoms with Crippen molar-refractivity contribution in [1.29, 1.82) is 0 Å². The van der Waals surface area contributed by atoms with Gasteiger partial charge < -0.3 is 20.3 Å². The van der Waals surface area contributed by atoms with Crippen molar-refractivity contribution in [3.8, 4) is 0 Å². The molecule has 146 valence electrons. The minimum absolute atomic E-state index is 0.00567. The van der Waals surface area contributed by atoms with Crippen molar-refractivity contribution in [2.75, 3.05) is 18.1 Å². The molecule has 2 bridgehead atoms. The van der Waals surface area contributed by atoms with Crippen molar-refractivity contribution in [3.63, 3.8) is 0 Å². The third kappa shape index (κ3) is 2.61. The molecule has 8 nitrogen and oxygen atoms in total. The van der Waals surface area contributed by atoms with E-state index in [1.165, 1.54) is 0 Å². The molecule has 2 fully saturated rings. The number of nitrogens with zero attached hydrogens (tertiary/aromatic N) is 4. The van der Waals surface area contributed by atoms with Crippen molar-refractivity contribution >= 4 is 34.1 Å². The number of fused-ring (bicyclic) bond motifs is 3. The molecule has 3 aromatic rings. The van der Waals surface area contributed by atoms with Crippen molar-refractivity contribution in [3.05, 3.63) is 35.2 Å². The number of thiazole rings is 1. The van der Waals surface area contributed by atoms with Crippen LogP contribution in [-0.2, 0) is 11.2 Å². The van der Waals surface area contributed by atoms with Crippen LogP contribution < -0.4 is 10.2 Å². The van der Waals surface area contributed by atoms with Gasteiger partial charge in [-0.1, -0.05) is 0 Å². The maximum atomic E-state index is 13.3. The van der Waals surface area contributed by atoms with E-state index in [2.05, 4.69) is 30.2 Å². The molecule has 5 heterocycles. The van der Waals surface area contributed by atoms with Crippen LogP contribution in [0, 0.1) is 5.41 Å². The second kappa shape index (κ2) is 6.82. The topological polar surface area (TPSA) is 107 Å². The Bertz CT molecular complexity index is 989. The number of nitrogens with one attached hydrogen (secondary N) is 2. The first-order chi connectivity index (χ1) is 13.7. The first-order valence-electron chi connectivity index (χ1n) is 9.55. The number of rotatable bonds is 6. The van der Waals surface area contributed by atoms with Crippen LogP contribution in [0.4, 0.5) is 5.82 Å². The first kappa shape index (κ1) is 17.6. The summed E-state index contributed by atoms with van der Waals surface area (Å²) >= 11 is 1.55. The average molecular weight is 398 g/mol. The molecule has 3 aromatic heterocycles. The number of hydrogen-bond donors (Lipinski definition) is 3. The Labute approximate surface area is 166 Å². The lowest BCUT2D eigenvalue weighted by molar-refractivity contribution is -0.132. The van der Waals surface area contributed by atoms with Gasteiger partial charge in [-0.05, 0) is 25.3 Å². The van der Waals surface area contributed by atoms with Gasteiger partial charge in [0, 0.05) is 36.6 Å². The number of amides is 1. The van der Waals surface area contributed by atoms with E-state index in [-0.39, 0.29) is 31.1 Å². The third-order valence-electron chi connectivity index (χ3n) is 6.15. The maximum absolute atomic E-state index is 13.3. The number of aliphatic hydroxyl groups excluding tert-OH is 1. The van der Waals surface area contributed by atoms with E-state index in [0.29, 0.717) is 6.42 Å². The fourth-order valence-electron chi connectivity index (χ4n) is 5.08. The van der Waals surface area contributed by atoms with Crippen molar-refractivity contribution in [1.82, 2.24) is 25.3 Å². The van der Waals surface area contributed by atoms with Gasteiger partial charge in [0.2, 0.25) is 5.91 Å². The minimum Gasteiger partial charge on any atom is -0.395 e. The molecule has 0 spiro atoms. The Morgan fingerprint density at radius 2 is 2.32 bits per heavy atom. The summed E-state index contributed by atoms with van der Waals surface area (Å²) in [5.74, 6) is 0.903. The molecule has 0 aliphatic carbocycles.